The van der Waals surface area contributed by atoms with Crippen LogP contribution in [0.4, 0.5) is 0 Å². The number of morpholine rings is 1. The lowest BCUT2D eigenvalue weighted by atomic mass is 10.2. The fraction of sp³-hybridized carbons (Fsp3) is 1.00. The first kappa shape index (κ1) is 6.05. The number of hydrogen-bond donors (Lipinski definition) is 1. The van der Waals surface area contributed by atoms with Crippen LogP contribution in [0.25, 0.3) is 0 Å². The van der Waals surface area contributed by atoms with Gasteiger partial charge in [0.05, 0.1) is 12.7 Å². The molecule has 1 N–H and O–H groups in total. The molecule has 1 fully saturated rings. The Labute approximate surface area is 51.7 Å². The van der Waals surface area contributed by atoms with Crippen molar-refractivity contribution in [3.05, 3.63) is 0 Å². The third-order valence-corrected chi connectivity index (χ3v) is 1.46. The Morgan fingerprint density at radius 1 is 1.88 bits per heavy atom. The van der Waals surface area contributed by atoms with Crippen molar-refractivity contribution in [1.29, 1.82) is 0 Å². The molecule has 0 spiro atoms. The van der Waals surface area contributed by atoms with Crippen molar-refractivity contribution in [2.45, 2.75) is 19.4 Å². The van der Waals surface area contributed by atoms with Gasteiger partial charge in [-0.15, -0.1) is 0 Å². The van der Waals surface area contributed by atoms with Gasteiger partial charge in [0, 0.05) is 14.5 Å². The van der Waals surface area contributed by atoms with Crippen molar-refractivity contribution in [3.8, 4) is 0 Å². The summed E-state index contributed by atoms with van der Waals surface area (Å²) in [5.74, 6) is 0. The van der Waals surface area contributed by atoms with Crippen LogP contribution in [0.2, 0.25) is 0 Å². The lowest BCUT2D eigenvalue weighted by Gasteiger charge is -2.21. The van der Waals surface area contributed by atoms with E-state index in [2.05, 4.69) is 12.2 Å². The number of rotatable bonds is 1. The molecule has 0 aromatic heterocycles. The second-order valence-electron chi connectivity index (χ2n) is 2.11. The molecular formula is C6H15NO. The van der Waals surface area contributed by atoms with Gasteiger partial charge in [-0.25, -0.2) is 0 Å². The van der Waals surface area contributed by atoms with Gasteiger partial charge in [-0.2, -0.15) is 0 Å². The monoisotopic (exact) mass is 117 g/mol. The lowest BCUT2D eigenvalue weighted by molar-refractivity contribution is 0.0267. The van der Waals surface area contributed by atoms with Gasteiger partial charge in [-0.3, -0.25) is 0 Å². The Morgan fingerprint density at radius 3 is 3.12 bits per heavy atom. The minimum absolute atomic E-state index is 0. The minimum Gasteiger partial charge on any atom is -0.376 e. The van der Waals surface area contributed by atoms with Crippen molar-refractivity contribution >= 4 is 0 Å². The lowest BCUT2D eigenvalue weighted by Crippen LogP contribution is -2.37. The maximum absolute atomic E-state index is 5.36. The SMILES string of the molecule is CC[C@H]1CNCCO1.[HH]. The topological polar surface area (TPSA) is 21.3 Å². The van der Waals surface area contributed by atoms with E-state index < -0.39 is 0 Å². The maximum Gasteiger partial charge on any atom is 0.0697 e. The first-order valence-corrected chi connectivity index (χ1v) is 3.26. The van der Waals surface area contributed by atoms with Crippen molar-refractivity contribution < 1.29 is 6.16 Å². The smallest absolute Gasteiger partial charge is 0.0697 e. The third kappa shape index (κ3) is 1.46. The molecule has 0 aromatic rings. The Bertz CT molecular complexity index is 64.1. The van der Waals surface area contributed by atoms with Crippen LogP contribution < -0.4 is 5.32 Å². The minimum atomic E-state index is 0. The van der Waals surface area contributed by atoms with Gasteiger partial charge in [0.25, 0.3) is 0 Å². The molecular weight excluding hydrogens is 102 g/mol. The van der Waals surface area contributed by atoms with Crippen LogP contribution in [-0.4, -0.2) is 25.8 Å². The largest absolute Gasteiger partial charge is 0.376 e. The second-order valence-corrected chi connectivity index (χ2v) is 2.11. The zero-order valence-electron chi connectivity index (χ0n) is 5.31. The van der Waals surface area contributed by atoms with Crippen molar-refractivity contribution in [1.82, 2.24) is 5.32 Å². The summed E-state index contributed by atoms with van der Waals surface area (Å²) in [5, 5.41) is 3.26. The molecule has 8 heavy (non-hydrogen) atoms. The van der Waals surface area contributed by atoms with Crippen LogP contribution in [0, 0.1) is 0 Å². The molecule has 1 aliphatic heterocycles. The molecule has 0 amide bonds. The van der Waals surface area contributed by atoms with E-state index in [-0.39, 0.29) is 1.43 Å². The van der Waals surface area contributed by atoms with Gasteiger partial charge in [-0.05, 0) is 6.42 Å². The van der Waals surface area contributed by atoms with E-state index in [1.54, 1.807) is 0 Å². The van der Waals surface area contributed by atoms with Gasteiger partial charge in [0.2, 0.25) is 0 Å². The summed E-state index contributed by atoms with van der Waals surface area (Å²) in [7, 11) is 0. The van der Waals surface area contributed by atoms with E-state index in [1.807, 2.05) is 0 Å². The average Bonchev–Trinajstić information content (AvgIpc) is 1.90. The summed E-state index contributed by atoms with van der Waals surface area (Å²) in [6.07, 6.45) is 1.61. The summed E-state index contributed by atoms with van der Waals surface area (Å²) >= 11 is 0. The maximum atomic E-state index is 5.36. The molecule has 0 unspecified atom stereocenters. The molecule has 1 saturated heterocycles. The number of hydrogen-bond acceptors (Lipinski definition) is 2. The van der Waals surface area contributed by atoms with E-state index in [4.69, 9.17) is 4.74 Å². The molecule has 1 aliphatic rings. The highest BCUT2D eigenvalue weighted by atomic mass is 16.5. The number of ether oxygens (including phenoxy) is 1. The molecule has 2 heteroatoms. The van der Waals surface area contributed by atoms with E-state index >= 15 is 0 Å². The van der Waals surface area contributed by atoms with Gasteiger partial charge in [-0.1, -0.05) is 6.92 Å². The predicted molar refractivity (Wildman–Crippen MR) is 35.0 cm³/mol. The molecule has 2 nitrogen and oxygen atoms in total. The normalized spacial score (nSPS) is 30.4. The molecule has 1 heterocycles. The van der Waals surface area contributed by atoms with Crippen molar-refractivity contribution in [2.24, 2.45) is 0 Å². The van der Waals surface area contributed by atoms with E-state index in [0.29, 0.717) is 6.10 Å². The van der Waals surface area contributed by atoms with Crippen LogP contribution in [0.5, 0.6) is 0 Å². The summed E-state index contributed by atoms with van der Waals surface area (Å²) in [6, 6.07) is 0. The first-order chi connectivity index (χ1) is 3.93. The number of nitrogens with one attached hydrogen (secondary N) is 1. The zero-order valence-corrected chi connectivity index (χ0v) is 5.31. The van der Waals surface area contributed by atoms with Crippen LogP contribution >= 0.6 is 0 Å². The van der Waals surface area contributed by atoms with E-state index in [1.165, 1.54) is 0 Å². The first-order valence-electron chi connectivity index (χ1n) is 3.26. The molecule has 50 valence electrons. The molecule has 0 aromatic carbocycles. The molecule has 0 bridgehead atoms. The average molecular weight is 117 g/mol. The standard InChI is InChI=1S/C6H13NO.H2/c1-2-6-5-7-3-4-8-6;/h6-7H,2-5H2,1H3;1H/t6-;/m0./s1. The Hall–Kier alpha value is -0.0800. The van der Waals surface area contributed by atoms with Crippen LogP contribution in [0.3, 0.4) is 0 Å². The second kappa shape index (κ2) is 3.05. The highest BCUT2D eigenvalue weighted by molar-refractivity contribution is 4.63. The Morgan fingerprint density at radius 2 is 2.75 bits per heavy atom. The van der Waals surface area contributed by atoms with Gasteiger partial charge < -0.3 is 10.1 Å². The van der Waals surface area contributed by atoms with Crippen LogP contribution in [0.15, 0.2) is 0 Å². The summed E-state index contributed by atoms with van der Waals surface area (Å²) in [5.41, 5.74) is 0. The van der Waals surface area contributed by atoms with Gasteiger partial charge in [0.1, 0.15) is 0 Å². The predicted octanol–water partition coefficient (Wildman–Crippen LogP) is 0.631. The molecule has 0 saturated carbocycles. The Kier molecular flexibility index (Phi) is 2.30. The van der Waals surface area contributed by atoms with Gasteiger partial charge >= 0.3 is 0 Å². The van der Waals surface area contributed by atoms with Crippen LogP contribution in [0.1, 0.15) is 14.8 Å². The molecule has 1 rings (SSSR count). The fourth-order valence-electron chi connectivity index (χ4n) is 0.882. The highest BCUT2D eigenvalue weighted by Crippen LogP contribution is 1.98. The zero-order chi connectivity index (χ0) is 5.82. The quantitative estimate of drug-likeness (QED) is 0.544. The third-order valence-electron chi connectivity index (χ3n) is 1.46. The van der Waals surface area contributed by atoms with E-state index in [9.17, 15) is 0 Å². The summed E-state index contributed by atoms with van der Waals surface area (Å²) in [6.45, 7) is 5.10. The van der Waals surface area contributed by atoms with E-state index in [0.717, 1.165) is 26.1 Å². The van der Waals surface area contributed by atoms with Crippen molar-refractivity contribution in [2.75, 3.05) is 19.7 Å². The molecule has 0 radical (unpaired) electrons. The fourth-order valence-corrected chi connectivity index (χ4v) is 0.882. The van der Waals surface area contributed by atoms with Gasteiger partial charge in [0.15, 0.2) is 0 Å². The highest BCUT2D eigenvalue weighted by Gasteiger charge is 2.08. The summed E-state index contributed by atoms with van der Waals surface area (Å²) in [4.78, 5) is 0. The molecule has 1 atom stereocenters. The summed E-state index contributed by atoms with van der Waals surface area (Å²) < 4.78 is 5.36. The molecule has 0 aliphatic carbocycles. The van der Waals surface area contributed by atoms with Crippen LogP contribution in [-0.2, 0) is 4.74 Å². The van der Waals surface area contributed by atoms with Crippen molar-refractivity contribution in [3.63, 3.8) is 0 Å². The Balaban J connectivity index is 0.000000640.